The molecule has 1 amide bonds. The molecular weight excluding hydrogens is 360 g/mol. The van der Waals surface area contributed by atoms with Crippen LogP contribution in [0.2, 0.25) is 0 Å². The van der Waals surface area contributed by atoms with Crippen molar-refractivity contribution < 1.29 is 9.53 Å². The first-order valence-corrected chi connectivity index (χ1v) is 9.38. The van der Waals surface area contributed by atoms with Crippen molar-refractivity contribution in [3.8, 4) is 5.75 Å². The second kappa shape index (κ2) is 10.3. The Hall–Kier alpha value is -2.04. The summed E-state index contributed by atoms with van der Waals surface area (Å²) in [6.45, 7) is 6.96. The van der Waals surface area contributed by atoms with Gasteiger partial charge in [-0.2, -0.15) is 0 Å². The molecule has 0 bridgehead atoms. The van der Waals surface area contributed by atoms with Gasteiger partial charge < -0.3 is 10.1 Å². The molecule has 1 unspecified atom stereocenters. The number of ether oxygens (including phenoxy) is 1. The highest BCUT2D eigenvalue weighted by Crippen LogP contribution is 2.24. The molecule has 2 aromatic carbocycles. The number of halogens is 1. The third-order valence-corrected chi connectivity index (χ3v) is 4.93. The lowest BCUT2D eigenvalue weighted by Crippen LogP contribution is -2.38. The summed E-state index contributed by atoms with van der Waals surface area (Å²) < 4.78 is 5.58. The van der Waals surface area contributed by atoms with E-state index in [2.05, 4.69) is 41.4 Å². The van der Waals surface area contributed by atoms with Crippen molar-refractivity contribution in [2.75, 3.05) is 26.2 Å². The Kier molecular flexibility index (Phi) is 8.14. The molecular formula is C22H29ClN2O2. The summed E-state index contributed by atoms with van der Waals surface area (Å²) in [6, 6.07) is 16.6. The average Bonchev–Trinajstić information content (AvgIpc) is 3.17. The van der Waals surface area contributed by atoms with E-state index in [0.29, 0.717) is 6.54 Å². The number of nitrogens with one attached hydrogen (secondary N) is 1. The zero-order valence-corrected chi connectivity index (χ0v) is 16.9. The number of hydrogen-bond acceptors (Lipinski definition) is 3. The maximum absolute atomic E-state index is 12.2. The average molecular weight is 389 g/mol. The SMILES string of the molecule is Cc1ccc(OCC(=O)NCC(c2ccc(C)cc2)N2CCCC2)cc1.Cl. The van der Waals surface area contributed by atoms with Crippen LogP contribution in [0.15, 0.2) is 48.5 Å². The smallest absolute Gasteiger partial charge is 0.258 e. The van der Waals surface area contributed by atoms with Crippen LogP contribution in [-0.4, -0.2) is 37.0 Å². The highest BCUT2D eigenvalue weighted by atomic mass is 35.5. The molecule has 1 N–H and O–H groups in total. The van der Waals surface area contributed by atoms with Gasteiger partial charge in [-0.1, -0.05) is 47.5 Å². The Morgan fingerprint density at radius 2 is 1.56 bits per heavy atom. The second-order valence-corrected chi connectivity index (χ2v) is 7.08. The fraction of sp³-hybridized carbons (Fsp3) is 0.409. The van der Waals surface area contributed by atoms with Crippen LogP contribution in [0.4, 0.5) is 0 Å². The number of carbonyl (C=O) groups excluding carboxylic acids is 1. The molecule has 0 spiro atoms. The van der Waals surface area contributed by atoms with Crippen molar-refractivity contribution in [3.05, 3.63) is 65.2 Å². The van der Waals surface area contributed by atoms with Gasteiger partial charge in [0, 0.05) is 6.54 Å². The van der Waals surface area contributed by atoms with E-state index in [-0.39, 0.29) is 31.0 Å². The van der Waals surface area contributed by atoms with Gasteiger partial charge in [-0.05, 0) is 57.5 Å². The van der Waals surface area contributed by atoms with Crippen molar-refractivity contribution >= 4 is 18.3 Å². The highest BCUT2D eigenvalue weighted by Gasteiger charge is 2.23. The van der Waals surface area contributed by atoms with Gasteiger partial charge in [0.2, 0.25) is 0 Å². The largest absolute Gasteiger partial charge is 0.484 e. The van der Waals surface area contributed by atoms with E-state index in [4.69, 9.17) is 4.74 Å². The molecule has 1 aliphatic heterocycles. The predicted molar refractivity (Wildman–Crippen MR) is 112 cm³/mol. The summed E-state index contributed by atoms with van der Waals surface area (Å²) in [4.78, 5) is 14.7. The fourth-order valence-corrected chi connectivity index (χ4v) is 3.34. The van der Waals surface area contributed by atoms with Gasteiger partial charge in [0.05, 0.1) is 6.04 Å². The van der Waals surface area contributed by atoms with E-state index in [9.17, 15) is 4.79 Å². The Labute approximate surface area is 168 Å². The van der Waals surface area contributed by atoms with Gasteiger partial charge in [-0.3, -0.25) is 9.69 Å². The number of hydrogen-bond donors (Lipinski definition) is 1. The fourth-order valence-electron chi connectivity index (χ4n) is 3.34. The topological polar surface area (TPSA) is 41.6 Å². The van der Waals surface area contributed by atoms with Crippen molar-refractivity contribution in [2.24, 2.45) is 0 Å². The molecule has 1 saturated heterocycles. The first-order valence-electron chi connectivity index (χ1n) is 9.38. The number of rotatable bonds is 7. The van der Waals surface area contributed by atoms with Crippen molar-refractivity contribution in [1.29, 1.82) is 0 Å². The number of carbonyl (C=O) groups is 1. The first-order chi connectivity index (χ1) is 12.6. The van der Waals surface area contributed by atoms with Gasteiger partial charge in [0.15, 0.2) is 6.61 Å². The number of aryl methyl sites for hydroxylation is 2. The van der Waals surface area contributed by atoms with E-state index in [1.54, 1.807) is 0 Å². The summed E-state index contributed by atoms with van der Waals surface area (Å²) in [5, 5.41) is 3.05. The Bertz CT molecular complexity index is 710. The second-order valence-electron chi connectivity index (χ2n) is 7.08. The number of likely N-dealkylation sites (tertiary alicyclic amines) is 1. The minimum Gasteiger partial charge on any atom is -0.484 e. The molecule has 3 rings (SSSR count). The maximum Gasteiger partial charge on any atom is 0.258 e. The zero-order valence-electron chi connectivity index (χ0n) is 16.1. The lowest BCUT2D eigenvalue weighted by Gasteiger charge is -2.28. The third kappa shape index (κ3) is 6.26. The van der Waals surface area contributed by atoms with E-state index < -0.39 is 0 Å². The molecule has 2 aromatic rings. The molecule has 0 radical (unpaired) electrons. The molecule has 1 aliphatic rings. The van der Waals surface area contributed by atoms with Crippen LogP contribution in [0.25, 0.3) is 0 Å². The van der Waals surface area contributed by atoms with Gasteiger partial charge in [0.25, 0.3) is 5.91 Å². The number of amides is 1. The quantitative estimate of drug-likeness (QED) is 0.777. The molecule has 146 valence electrons. The van der Waals surface area contributed by atoms with Crippen LogP contribution < -0.4 is 10.1 Å². The molecule has 0 aliphatic carbocycles. The lowest BCUT2D eigenvalue weighted by atomic mass is 10.0. The van der Waals surface area contributed by atoms with Gasteiger partial charge in [-0.15, -0.1) is 12.4 Å². The van der Waals surface area contributed by atoms with Gasteiger partial charge in [0.1, 0.15) is 5.75 Å². The Balaban J connectivity index is 0.00000261. The maximum atomic E-state index is 12.2. The van der Waals surface area contributed by atoms with Crippen LogP contribution in [0, 0.1) is 13.8 Å². The van der Waals surface area contributed by atoms with Crippen LogP contribution >= 0.6 is 12.4 Å². The zero-order chi connectivity index (χ0) is 18.4. The van der Waals surface area contributed by atoms with E-state index in [1.807, 2.05) is 31.2 Å². The molecule has 1 fully saturated rings. The van der Waals surface area contributed by atoms with E-state index in [0.717, 1.165) is 18.8 Å². The molecule has 1 atom stereocenters. The van der Waals surface area contributed by atoms with Gasteiger partial charge in [-0.25, -0.2) is 0 Å². The van der Waals surface area contributed by atoms with E-state index >= 15 is 0 Å². The molecule has 4 nitrogen and oxygen atoms in total. The summed E-state index contributed by atoms with van der Waals surface area (Å²) in [7, 11) is 0. The first kappa shape index (κ1) is 21.3. The summed E-state index contributed by atoms with van der Waals surface area (Å²) in [6.07, 6.45) is 2.46. The molecule has 27 heavy (non-hydrogen) atoms. The minimum atomic E-state index is -0.0816. The molecule has 1 heterocycles. The minimum absolute atomic E-state index is 0. The number of nitrogens with zero attached hydrogens (tertiary/aromatic N) is 1. The Morgan fingerprint density at radius 3 is 2.15 bits per heavy atom. The van der Waals surface area contributed by atoms with Crippen LogP contribution in [0.1, 0.15) is 35.6 Å². The monoisotopic (exact) mass is 388 g/mol. The standard InChI is InChI=1S/C22H28N2O2.ClH/c1-17-5-9-19(10-6-17)21(24-13-3-4-14-24)15-23-22(25)16-26-20-11-7-18(2)8-12-20;/h5-12,21H,3-4,13-16H2,1-2H3,(H,23,25);1H. The molecule has 5 heteroatoms. The van der Waals surface area contributed by atoms with E-state index in [1.165, 1.54) is 29.5 Å². The highest BCUT2D eigenvalue weighted by molar-refractivity contribution is 5.85. The summed E-state index contributed by atoms with van der Waals surface area (Å²) >= 11 is 0. The van der Waals surface area contributed by atoms with Crippen molar-refractivity contribution in [2.45, 2.75) is 32.7 Å². The van der Waals surface area contributed by atoms with Crippen molar-refractivity contribution in [1.82, 2.24) is 10.2 Å². The van der Waals surface area contributed by atoms with Crippen molar-refractivity contribution in [3.63, 3.8) is 0 Å². The summed E-state index contributed by atoms with van der Waals surface area (Å²) in [5.74, 6) is 0.641. The number of benzene rings is 2. The molecule has 0 saturated carbocycles. The predicted octanol–water partition coefficient (Wildman–Crippen LogP) is 4.06. The molecule has 0 aromatic heterocycles. The normalized spacial score (nSPS) is 15.0. The van der Waals surface area contributed by atoms with Gasteiger partial charge >= 0.3 is 0 Å². The van der Waals surface area contributed by atoms with Crippen LogP contribution in [-0.2, 0) is 4.79 Å². The Morgan fingerprint density at radius 1 is 1.00 bits per heavy atom. The lowest BCUT2D eigenvalue weighted by molar-refractivity contribution is -0.123. The summed E-state index contributed by atoms with van der Waals surface area (Å²) in [5.41, 5.74) is 3.69. The van der Waals surface area contributed by atoms with Crippen LogP contribution in [0.5, 0.6) is 5.75 Å². The van der Waals surface area contributed by atoms with Crippen LogP contribution in [0.3, 0.4) is 0 Å². The third-order valence-electron chi connectivity index (χ3n) is 4.93.